The monoisotopic (exact) mass is 492 g/mol. The molecule has 0 nitrogen and oxygen atoms in total. The molecule has 0 aliphatic heterocycles. The molecule has 0 aromatic heterocycles. The summed E-state index contributed by atoms with van der Waals surface area (Å²) in [4.78, 5) is 0. The number of hydrogen-bond donors (Lipinski definition) is 0. The number of alkyl halides is 1. The van der Waals surface area contributed by atoms with E-state index in [1.165, 1.54) is 32.6 Å². The minimum absolute atomic E-state index is 0.576. The van der Waals surface area contributed by atoms with Gasteiger partial charge in [0.15, 0.2) is 0 Å². The van der Waals surface area contributed by atoms with Crippen molar-refractivity contribution in [1.29, 1.82) is 0 Å². The summed E-state index contributed by atoms with van der Waals surface area (Å²) in [7, 11) is -0.576. The van der Waals surface area contributed by atoms with E-state index in [-0.39, 0.29) is 0 Å². The van der Waals surface area contributed by atoms with Crippen molar-refractivity contribution in [3.05, 3.63) is 126 Å². The fourth-order valence-electron chi connectivity index (χ4n) is 3.50. The molecule has 0 heterocycles. The van der Waals surface area contributed by atoms with E-state index in [1.807, 2.05) is 0 Å². The van der Waals surface area contributed by atoms with Gasteiger partial charge in [-0.25, -0.2) is 0 Å². The van der Waals surface area contributed by atoms with Crippen molar-refractivity contribution in [2.45, 2.75) is 10.8 Å². The second-order valence-corrected chi connectivity index (χ2v) is 9.71. The molecular formula is C26H22IP. The quantitative estimate of drug-likeness (QED) is 0.177. The van der Waals surface area contributed by atoms with Crippen LogP contribution in [-0.4, -0.2) is 0 Å². The van der Waals surface area contributed by atoms with Gasteiger partial charge in [-0.1, -0.05) is 132 Å². The minimum Gasteiger partial charge on any atom is -0.0812 e. The van der Waals surface area contributed by atoms with Gasteiger partial charge in [0.05, 0.1) is 0 Å². The first kappa shape index (κ1) is 19.4. The summed E-state index contributed by atoms with van der Waals surface area (Å²) in [6, 6.07) is 39.9. The average Bonchev–Trinajstić information content (AvgIpc) is 2.77. The predicted octanol–water partition coefficient (Wildman–Crippen LogP) is 5.97. The Labute approximate surface area is 182 Å². The molecule has 4 rings (SSSR count). The SMILES string of the molecule is ICc1cccc(Cc2ccccc2P(c2ccccc2)c2ccccc2)c1. The molecule has 0 saturated heterocycles. The zero-order valence-electron chi connectivity index (χ0n) is 15.6. The second-order valence-electron chi connectivity index (χ2n) is 6.77. The average molecular weight is 492 g/mol. The molecular weight excluding hydrogens is 470 g/mol. The van der Waals surface area contributed by atoms with Crippen molar-refractivity contribution >= 4 is 46.4 Å². The first-order valence-electron chi connectivity index (χ1n) is 9.47. The van der Waals surface area contributed by atoms with E-state index < -0.39 is 7.92 Å². The molecule has 0 amide bonds. The van der Waals surface area contributed by atoms with Crippen LogP contribution >= 0.6 is 30.5 Å². The summed E-state index contributed by atoms with van der Waals surface area (Å²) < 4.78 is 1.05. The van der Waals surface area contributed by atoms with Crippen LogP contribution in [0.3, 0.4) is 0 Å². The summed E-state index contributed by atoms with van der Waals surface area (Å²) in [6.45, 7) is 0. The molecule has 2 heteroatoms. The number of rotatable bonds is 6. The molecule has 138 valence electrons. The summed E-state index contributed by atoms with van der Waals surface area (Å²) in [5, 5.41) is 4.25. The topological polar surface area (TPSA) is 0 Å². The summed E-state index contributed by atoms with van der Waals surface area (Å²) >= 11 is 2.44. The van der Waals surface area contributed by atoms with Gasteiger partial charge in [-0.3, -0.25) is 0 Å². The lowest BCUT2D eigenvalue weighted by Gasteiger charge is -2.22. The standard InChI is InChI=1S/C26H22IP/c27-20-22-11-9-10-21(18-22)19-23-12-7-8-17-26(23)28(24-13-3-1-4-14-24)25-15-5-2-6-16-25/h1-18H,19-20H2. The van der Waals surface area contributed by atoms with Crippen LogP contribution in [0.5, 0.6) is 0 Å². The summed E-state index contributed by atoms with van der Waals surface area (Å²) in [6.07, 6.45) is 0.971. The van der Waals surface area contributed by atoms with E-state index in [0.29, 0.717) is 0 Å². The van der Waals surface area contributed by atoms with Gasteiger partial charge in [-0.15, -0.1) is 0 Å². The highest BCUT2D eigenvalue weighted by Gasteiger charge is 2.19. The Morgan fingerprint density at radius 3 is 1.79 bits per heavy atom. The molecule has 4 aromatic rings. The summed E-state index contributed by atoms with van der Waals surface area (Å²) in [5.74, 6) is 0. The molecule has 0 bridgehead atoms. The van der Waals surface area contributed by atoms with Crippen LogP contribution in [0.2, 0.25) is 0 Å². The molecule has 0 aliphatic rings. The van der Waals surface area contributed by atoms with Gasteiger partial charge in [-0.2, -0.15) is 0 Å². The van der Waals surface area contributed by atoms with Crippen LogP contribution in [0.4, 0.5) is 0 Å². The van der Waals surface area contributed by atoms with E-state index in [9.17, 15) is 0 Å². The van der Waals surface area contributed by atoms with Gasteiger partial charge in [0.2, 0.25) is 0 Å². The van der Waals surface area contributed by atoms with Gasteiger partial charge < -0.3 is 0 Å². The fourth-order valence-corrected chi connectivity index (χ4v) is 6.45. The maximum atomic E-state index is 2.44. The lowest BCUT2D eigenvalue weighted by Crippen LogP contribution is -2.23. The van der Waals surface area contributed by atoms with E-state index in [4.69, 9.17) is 0 Å². The molecule has 0 aliphatic carbocycles. The van der Waals surface area contributed by atoms with Crippen molar-refractivity contribution in [2.75, 3.05) is 0 Å². The zero-order valence-corrected chi connectivity index (χ0v) is 18.7. The minimum atomic E-state index is -0.576. The number of benzene rings is 4. The lowest BCUT2D eigenvalue weighted by atomic mass is 10.0. The van der Waals surface area contributed by atoms with Gasteiger partial charge in [-0.05, 0) is 46.9 Å². The predicted molar refractivity (Wildman–Crippen MR) is 132 cm³/mol. The Kier molecular flexibility index (Phi) is 6.57. The van der Waals surface area contributed by atoms with E-state index in [1.54, 1.807) is 0 Å². The third-order valence-corrected chi connectivity index (χ3v) is 8.23. The van der Waals surface area contributed by atoms with Crippen LogP contribution in [0.25, 0.3) is 0 Å². The molecule has 0 unspecified atom stereocenters. The maximum Gasteiger partial charge on any atom is 0.0247 e. The van der Waals surface area contributed by atoms with Gasteiger partial charge in [0.1, 0.15) is 0 Å². The van der Waals surface area contributed by atoms with Crippen LogP contribution in [0, 0.1) is 0 Å². The molecule has 0 spiro atoms. The summed E-state index contributed by atoms with van der Waals surface area (Å²) in [5.41, 5.74) is 4.20. The lowest BCUT2D eigenvalue weighted by molar-refractivity contribution is 1.19. The van der Waals surface area contributed by atoms with Crippen LogP contribution in [-0.2, 0) is 10.8 Å². The Hall–Kier alpha value is -1.96. The first-order valence-corrected chi connectivity index (χ1v) is 12.3. The highest BCUT2D eigenvalue weighted by atomic mass is 127. The van der Waals surface area contributed by atoms with Crippen molar-refractivity contribution in [1.82, 2.24) is 0 Å². The molecule has 4 aromatic carbocycles. The normalized spacial score (nSPS) is 10.9. The maximum absolute atomic E-state index is 2.44. The molecule has 0 N–H and O–H groups in total. The van der Waals surface area contributed by atoms with Crippen molar-refractivity contribution < 1.29 is 0 Å². The van der Waals surface area contributed by atoms with Crippen LogP contribution in [0.1, 0.15) is 16.7 Å². The third kappa shape index (κ3) is 4.54. The van der Waals surface area contributed by atoms with Gasteiger partial charge >= 0.3 is 0 Å². The highest BCUT2D eigenvalue weighted by Crippen LogP contribution is 2.34. The zero-order chi connectivity index (χ0) is 19.2. The highest BCUT2D eigenvalue weighted by molar-refractivity contribution is 14.1. The molecule has 0 saturated carbocycles. The molecule has 0 radical (unpaired) electrons. The Morgan fingerprint density at radius 1 is 0.571 bits per heavy atom. The van der Waals surface area contributed by atoms with Crippen LogP contribution < -0.4 is 15.9 Å². The van der Waals surface area contributed by atoms with Crippen molar-refractivity contribution in [2.24, 2.45) is 0 Å². The Bertz CT molecular complexity index is 989. The van der Waals surface area contributed by atoms with Crippen molar-refractivity contribution in [3.8, 4) is 0 Å². The van der Waals surface area contributed by atoms with Crippen molar-refractivity contribution in [3.63, 3.8) is 0 Å². The fraction of sp³-hybridized carbons (Fsp3) is 0.0769. The first-order chi connectivity index (χ1) is 13.8. The number of hydrogen-bond acceptors (Lipinski definition) is 0. The molecule has 0 atom stereocenters. The van der Waals surface area contributed by atoms with Gasteiger partial charge in [0.25, 0.3) is 0 Å². The second kappa shape index (κ2) is 9.49. The van der Waals surface area contributed by atoms with Gasteiger partial charge in [0, 0.05) is 4.43 Å². The number of halogens is 1. The smallest absolute Gasteiger partial charge is 0.0247 e. The molecule has 0 fully saturated rings. The Morgan fingerprint density at radius 2 is 1.14 bits per heavy atom. The third-order valence-electron chi connectivity index (χ3n) is 4.80. The van der Waals surface area contributed by atoms with E-state index in [2.05, 4.69) is 132 Å². The largest absolute Gasteiger partial charge is 0.0812 e. The Balaban J connectivity index is 1.79. The van der Waals surface area contributed by atoms with E-state index >= 15 is 0 Å². The van der Waals surface area contributed by atoms with Crippen LogP contribution in [0.15, 0.2) is 109 Å². The van der Waals surface area contributed by atoms with E-state index in [0.717, 1.165) is 10.8 Å². The molecule has 28 heavy (non-hydrogen) atoms.